The number of hydrogen-bond acceptors (Lipinski definition) is 4. The van der Waals surface area contributed by atoms with Crippen molar-refractivity contribution >= 4 is 0 Å². The summed E-state index contributed by atoms with van der Waals surface area (Å²) in [5.41, 5.74) is 1.43. The van der Waals surface area contributed by atoms with Gasteiger partial charge in [0.1, 0.15) is 0 Å². The van der Waals surface area contributed by atoms with E-state index >= 15 is 0 Å². The first-order valence-corrected chi connectivity index (χ1v) is 10.3. The normalized spacial score (nSPS) is 25.3. The monoisotopic (exact) mass is 390 g/mol. The zero-order valence-corrected chi connectivity index (χ0v) is 17.2. The SMILES string of the molecule is CC1C(C#N)(C#N)C(C#N)(C#N)C1(C)c1cc2ccc1CCc1ccc(cc1)CC2. The summed E-state index contributed by atoms with van der Waals surface area (Å²) >= 11 is 0. The van der Waals surface area contributed by atoms with Crippen LogP contribution in [-0.2, 0) is 31.1 Å². The molecular formula is C26H22N4. The van der Waals surface area contributed by atoms with E-state index < -0.39 is 22.2 Å². The van der Waals surface area contributed by atoms with Crippen LogP contribution in [-0.4, -0.2) is 0 Å². The van der Waals surface area contributed by atoms with Crippen LogP contribution in [0.2, 0.25) is 0 Å². The van der Waals surface area contributed by atoms with E-state index in [2.05, 4.69) is 54.6 Å². The Morgan fingerprint density at radius 3 is 1.77 bits per heavy atom. The van der Waals surface area contributed by atoms with Gasteiger partial charge in [0, 0.05) is 11.3 Å². The third kappa shape index (κ3) is 2.23. The van der Waals surface area contributed by atoms with E-state index in [9.17, 15) is 21.0 Å². The minimum absolute atomic E-state index is 0.445. The Hall–Kier alpha value is -3.60. The molecule has 4 heteroatoms. The van der Waals surface area contributed by atoms with Crippen molar-refractivity contribution in [2.45, 2.75) is 44.9 Å². The van der Waals surface area contributed by atoms with Gasteiger partial charge in [0.2, 0.25) is 0 Å². The molecule has 0 aromatic heterocycles. The lowest BCUT2D eigenvalue weighted by Crippen LogP contribution is -2.71. The van der Waals surface area contributed by atoms with Gasteiger partial charge in [-0.3, -0.25) is 0 Å². The summed E-state index contributed by atoms with van der Waals surface area (Å²) in [4.78, 5) is 0. The number of nitriles is 4. The third-order valence-electron chi connectivity index (χ3n) is 7.72. The molecule has 1 saturated carbocycles. The second-order valence-corrected chi connectivity index (χ2v) is 8.74. The van der Waals surface area contributed by atoms with Crippen LogP contribution < -0.4 is 0 Å². The van der Waals surface area contributed by atoms with Crippen LogP contribution >= 0.6 is 0 Å². The number of hydrogen-bond donors (Lipinski definition) is 0. The Bertz CT molecular complexity index is 1150. The summed E-state index contributed by atoms with van der Waals surface area (Å²) in [7, 11) is 0. The Balaban J connectivity index is 1.91. The summed E-state index contributed by atoms with van der Waals surface area (Å²) in [6.07, 6.45) is 3.39. The van der Waals surface area contributed by atoms with Crippen molar-refractivity contribution in [3.63, 3.8) is 0 Å². The van der Waals surface area contributed by atoms with Crippen molar-refractivity contribution in [2.24, 2.45) is 16.7 Å². The fourth-order valence-corrected chi connectivity index (χ4v) is 5.59. The van der Waals surface area contributed by atoms with Gasteiger partial charge in [-0.15, -0.1) is 0 Å². The first kappa shape index (κ1) is 19.7. The zero-order chi connectivity index (χ0) is 21.6. The van der Waals surface area contributed by atoms with E-state index in [0.717, 1.165) is 42.4 Å². The molecule has 0 heterocycles. The number of nitrogens with zero attached hydrogens (tertiary/aromatic N) is 4. The van der Waals surface area contributed by atoms with Crippen LogP contribution in [0, 0.1) is 62.1 Å². The minimum Gasteiger partial charge on any atom is -0.196 e. The van der Waals surface area contributed by atoms with Gasteiger partial charge >= 0.3 is 0 Å². The maximum atomic E-state index is 10.1. The lowest BCUT2D eigenvalue weighted by atomic mass is 9.31. The second-order valence-electron chi connectivity index (χ2n) is 8.74. The molecule has 4 nitrogen and oxygen atoms in total. The summed E-state index contributed by atoms with van der Waals surface area (Å²) in [5, 5.41) is 39.9. The van der Waals surface area contributed by atoms with Gasteiger partial charge < -0.3 is 0 Å². The molecule has 7 rings (SSSR count). The van der Waals surface area contributed by atoms with Crippen LogP contribution in [0.3, 0.4) is 0 Å². The van der Waals surface area contributed by atoms with Crippen molar-refractivity contribution in [1.82, 2.24) is 0 Å². The molecule has 0 amide bonds. The van der Waals surface area contributed by atoms with E-state index in [1.807, 2.05) is 26.0 Å². The van der Waals surface area contributed by atoms with Crippen molar-refractivity contribution in [3.8, 4) is 24.3 Å². The Labute approximate surface area is 177 Å². The van der Waals surface area contributed by atoms with E-state index in [0.29, 0.717) is 0 Å². The van der Waals surface area contributed by atoms with Crippen LogP contribution in [0.25, 0.3) is 0 Å². The number of aryl methyl sites for hydroxylation is 4. The molecular weight excluding hydrogens is 368 g/mol. The van der Waals surface area contributed by atoms with Gasteiger partial charge in [-0.05, 0) is 53.5 Å². The molecule has 2 aromatic carbocycles. The van der Waals surface area contributed by atoms with Crippen molar-refractivity contribution < 1.29 is 0 Å². The fraction of sp³-hybridized carbons (Fsp3) is 0.385. The molecule has 5 aliphatic rings. The molecule has 2 unspecified atom stereocenters. The minimum atomic E-state index is -1.71. The summed E-state index contributed by atoms with van der Waals surface area (Å²) in [6, 6.07) is 23.4. The first-order valence-electron chi connectivity index (χ1n) is 10.3. The van der Waals surface area contributed by atoms with Crippen molar-refractivity contribution in [3.05, 3.63) is 70.3 Å². The van der Waals surface area contributed by atoms with Crippen molar-refractivity contribution in [1.29, 1.82) is 21.0 Å². The van der Waals surface area contributed by atoms with Gasteiger partial charge in [0.15, 0.2) is 10.8 Å². The largest absolute Gasteiger partial charge is 0.196 e. The summed E-state index contributed by atoms with van der Waals surface area (Å²) in [6.45, 7) is 3.72. The van der Waals surface area contributed by atoms with Crippen LogP contribution in [0.4, 0.5) is 0 Å². The summed E-state index contributed by atoms with van der Waals surface area (Å²) < 4.78 is 0. The predicted octanol–water partition coefficient (Wildman–Crippen LogP) is 4.54. The Morgan fingerprint density at radius 1 is 0.733 bits per heavy atom. The maximum absolute atomic E-state index is 10.1. The molecule has 1 fully saturated rings. The molecule has 4 bridgehead atoms. The average molecular weight is 390 g/mol. The quantitative estimate of drug-likeness (QED) is 0.714. The van der Waals surface area contributed by atoms with Gasteiger partial charge in [0.05, 0.1) is 24.3 Å². The van der Waals surface area contributed by atoms with E-state index in [1.165, 1.54) is 11.1 Å². The van der Waals surface area contributed by atoms with Gasteiger partial charge in [-0.2, -0.15) is 21.0 Å². The van der Waals surface area contributed by atoms with Crippen LogP contribution in [0.5, 0.6) is 0 Å². The molecule has 0 saturated heterocycles. The lowest BCUT2D eigenvalue weighted by Gasteiger charge is -2.62. The standard InChI is InChI=1S/C26H22N4/c1-18-24(2,26(16-29,17-30)25(18,14-27)15-28)23-13-21-8-7-19-3-5-20(6-4-19)9-11-22(23)12-10-21/h3-6,10,12-13,18H,7-9,11H2,1-2H3. The molecule has 0 N–H and O–H groups in total. The summed E-state index contributed by atoms with van der Waals surface area (Å²) in [5.74, 6) is -0.445. The smallest absolute Gasteiger partial charge is 0.185 e. The Morgan fingerprint density at radius 2 is 1.23 bits per heavy atom. The molecule has 0 spiro atoms. The fourth-order valence-electron chi connectivity index (χ4n) is 5.59. The molecule has 5 aliphatic carbocycles. The molecule has 2 aromatic rings. The molecule has 30 heavy (non-hydrogen) atoms. The molecule has 0 radical (unpaired) electrons. The molecule has 146 valence electrons. The van der Waals surface area contributed by atoms with Gasteiger partial charge in [0.25, 0.3) is 0 Å². The maximum Gasteiger partial charge on any atom is 0.185 e. The molecule has 2 atom stereocenters. The van der Waals surface area contributed by atoms with Crippen LogP contribution in [0.15, 0.2) is 42.5 Å². The third-order valence-corrected chi connectivity index (χ3v) is 7.72. The van der Waals surface area contributed by atoms with Gasteiger partial charge in [-0.25, -0.2) is 0 Å². The van der Waals surface area contributed by atoms with E-state index in [4.69, 9.17) is 0 Å². The Kier molecular flexibility index (Phi) is 4.42. The highest BCUT2D eigenvalue weighted by atomic mass is 14.8. The first-order chi connectivity index (χ1) is 14.4. The van der Waals surface area contributed by atoms with Crippen molar-refractivity contribution in [2.75, 3.05) is 0 Å². The average Bonchev–Trinajstić information content (AvgIpc) is 2.78. The molecule has 0 aliphatic heterocycles. The topological polar surface area (TPSA) is 95.2 Å². The number of rotatable bonds is 1. The van der Waals surface area contributed by atoms with E-state index in [-0.39, 0.29) is 0 Å². The highest BCUT2D eigenvalue weighted by Gasteiger charge is 2.80. The predicted molar refractivity (Wildman–Crippen MR) is 112 cm³/mol. The highest BCUT2D eigenvalue weighted by molar-refractivity contribution is 5.57. The zero-order valence-electron chi connectivity index (χ0n) is 17.2. The van der Waals surface area contributed by atoms with Crippen LogP contribution in [0.1, 0.15) is 41.7 Å². The van der Waals surface area contributed by atoms with Gasteiger partial charge in [-0.1, -0.05) is 56.3 Å². The number of benzene rings is 2. The lowest BCUT2D eigenvalue weighted by molar-refractivity contribution is -0.0701. The van der Waals surface area contributed by atoms with E-state index in [1.54, 1.807) is 0 Å². The second kappa shape index (κ2) is 6.73. The highest BCUT2D eigenvalue weighted by Crippen LogP contribution is 2.71.